The number of fused-ring (bicyclic) bond motifs is 6. The van der Waals surface area contributed by atoms with Gasteiger partial charge in [0.25, 0.3) is 0 Å². The first-order valence-corrected chi connectivity index (χ1v) is 13.0. The van der Waals surface area contributed by atoms with E-state index in [1.165, 1.54) is 0 Å². The molecule has 3 heterocycles. The Labute approximate surface area is 230 Å². The summed E-state index contributed by atoms with van der Waals surface area (Å²) in [5.41, 5.74) is 5.38. The van der Waals surface area contributed by atoms with Crippen LogP contribution in [0.3, 0.4) is 0 Å². The van der Waals surface area contributed by atoms with Gasteiger partial charge in [0.15, 0.2) is 18.1 Å². The molecule has 0 saturated carbocycles. The summed E-state index contributed by atoms with van der Waals surface area (Å²) in [6.45, 7) is 2.03. The van der Waals surface area contributed by atoms with Crippen molar-refractivity contribution in [1.82, 2.24) is 19.6 Å². The van der Waals surface area contributed by atoms with Gasteiger partial charge in [-0.3, -0.25) is 0 Å². The molecule has 0 bridgehead atoms. The van der Waals surface area contributed by atoms with Crippen molar-refractivity contribution in [2.45, 2.75) is 19.4 Å². The number of hydrogen-bond donors (Lipinski definition) is 0. The maximum absolute atomic E-state index is 6.50. The van der Waals surface area contributed by atoms with E-state index in [0.717, 1.165) is 50.2 Å². The molecule has 40 heavy (non-hydrogen) atoms. The maximum atomic E-state index is 6.50. The summed E-state index contributed by atoms with van der Waals surface area (Å²) < 4.78 is 13.6. The molecular weight excluding hydrogens is 502 g/mol. The lowest BCUT2D eigenvalue weighted by atomic mass is 9.83. The van der Waals surface area contributed by atoms with Crippen molar-refractivity contribution in [2.24, 2.45) is 5.16 Å². The molecule has 8 heteroatoms. The quantitative estimate of drug-likeness (QED) is 0.181. The Bertz CT molecular complexity index is 1880. The molecule has 1 unspecified atom stereocenters. The molecule has 1 atom stereocenters. The predicted molar refractivity (Wildman–Crippen MR) is 152 cm³/mol. The van der Waals surface area contributed by atoms with Crippen molar-refractivity contribution in [3.8, 4) is 17.4 Å². The van der Waals surface area contributed by atoms with E-state index in [2.05, 4.69) is 51.6 Å². The summed E-state index contributed by atoms with van der Waals surface area (Å²) in [7, 11) is 1.67. The lowest BCUT2D eigenvalue weighted by Gasteiger charge is -2.28. The minimum absolute atomic E-state index is 0.121. The van der Waals surface area contributed by atoms with Crippen molar-refractivity contribution < 1.29 is 14.3 Å². The summed E-state index contributed by atoms with van der Waals surface area (Å²) in [5, 5.41) is 11.0. The highest BCUT2D eigenvalue weighted by Crippen LogP contribution is 2.50. The van der Waals surface area contributed by atoms with Crippen molar-refractivity contribution >= 4 is 22.1 Å². The molecule has 0 fully saturated rings. The Morgan fingerprint density at radius 3 is 2.58 bits per heavy atom. The fourth-order valence-corrected chi connectivity index (χ4v) is 5.21. The first-order valence-electron chi connectivity index (χ1n) is 13.0. The fraction of sp³-hybridized carbons (Fsp3) is 0.125. The van der Waals surface area contributed by atoms with E-state index in [0.29, 0.717) is 17.4 Å². The van der Waals surface area contributed by atoms with E-state index in [1.807, 2.05) is 61.5 Å². The zero-order valence-corrected chi connectivity index (χ0v) is 22.0. The molecule has 7 rings (SSSR count). The van der Waals surface area contributed by atoms with Gasteiger partial charge in [-0.25, -0.2) is 14.5 Å². The molecule has 2 aromatic heterocycles. The Morgan fingerprint density at radius 2 is 1.75 bits per heavy atom. The number of aromatic nitrogens is 4. The third-order valence-corrected chi connectivity index (χ3v) is 7.18. The predicted octanol–water partition coefficient (Wildman–Crippen LogP) is 6.51. The molecule has 0 N–H and O–H groups in total. The van der Waals surface area contributed by atoms with Crippen molar-refractivity contribution in [3.05, 3.63) is 125 Å². The third kappa shape index (κ3) is 4.10. The van der Waals surface area contributed by atoms with Crippen LogP contribution in [-0.4, -0.2) is 32.4 Å². The topological polar surface area (TPSA) is 83.1 Å². The van der Waals surface area contributed by atoms with Crippen LogP contribution in [0, 0.1) is 0 Å². The molecule has 0 radical (unpaired) electrons. The molecule has 4 aromatic carbocycles. The highest BCUT2D eigenvalue weighted by atomic mass is 16.6. The van der Waals surface area contributed by atoms with Crippen LogP contribution in [0.1, 0.15) is 40.9 Å². The van der Waals surface area contributed by atoms with Gasteiger partial charge in [-0.15, -0.1) is 5.10 Å². The van der Waals surface area contributed by atoms with Gasteiger partial charge >= 0.3 is 0 Å². The number of hydrogen-bond acceptors (Lipinski definition) is 7. The second kappa shape index (κ2) is 9.81. The Kier molecular flexibility index (Phi) is 5.85. The molecule has 1 aliphatic heterocycles. The summed E-state index contributed by atoms with van der Waals surface area (Å²) >= 11 is 0. The molecule has 1 aliphatic rings. The van der Waals surface area contributed by atoms with Crippen molar-refractivity contribution in [2.75, 3.05) is 7.11 Å². The number of benzene rings is 4. The van der Waals surface area contributed by atoms with Gasteiger partial charge in [0.05, 0.1) is 18.4 Å². The van der Waals surface area contributed by atoms with Crippen LogP contribution in [0.25, 0.3) is 16.4 Å². The van der Waals surface area contributed by atoms with Crippen LogP contribution in [0.4, 0.5) is 0 Å². The van der Waals surface area contributed by atoms with E-state index in [1.54, 1.807) is 18.0 Å². The van der Waals surface area contributed by atoms with Crippen LogP contribution in [-0.2, 0) is 11.4 Å². The van der Waals surface area contributed by atoms with Crippen molar-refractivity contribution in [3.63, 3.8) is 0 Å². The SMILES string of the molecule is COc1ccc(C2c3ccc4ccccc4c3Oc3ncn4nc(CO/N=C(/C)c5ccccc5)nc4c32)cc1. The summed E-state index contributed by atoms with van der Waals surface area (Å²) in [6.07, 6.45) is 1.63. The molecule has 196 valence electrons. The van der Waals surface area contributed by atoms with Crippen LogP contribution >= 0.6 is 0 Å². The Morgan fingerprint density at radius 1 is 0.950 bits per heavy atom. The summed E-state index contributed by atoms with van der Waals surface area (Å²) in [6, 6.07) is 30.4. The van der Waals surface area contributed by atoms with E-state index in [9.17, 15) is 0 Å². The van der Waals surface area contributed by atoms with Gasteiger partial charge in [0, 0.05) is 16.9 Å². The van der Waals surface area contributed by atoms with Gasteiger partial charge in [-0.05, 0) is 35.6 Å². The Hall–Kier alpha value is -5.24. The van der Waals surface area contributed by atoms with Gasteiger partial charge in [-0.2, -0.15) is 0 Å². The average Bonchev–Trinajstić information content (AvgIpc) is 3.43. The fourth-order valence-electron chi connectivity index (χ4n) is 5.21. The molecule has 0 amide bonds. The van der Waals surface area contributed by atoms with E-state index in [4.69, 9.17) is 19.3 Å². The van der Waals surface area contributed by atoms with Gasteiger partial charge in [-0.1, -0.05) is 84.0 Å². The molecule has 0 spiro atoms. The summed E-state index contributed by atoms with van der Waals surface area (Å²) in [5.74, 6) is 2.42. The molecule has 6 aromatic rings. The molecule has 0 saturated heterocycles. The maximum Gasteiger partial charge on any atom is 0.228 e. The second-order valence-electron chi connectivity index (χ2n) is 9.59. The van der Waals surface area contributed by atoms with Gasteiger partial charge in [0.2, 0.25) is 5.88 Å². The summed E-state index contributed by atoms with van der Waals surface area (Å²) in [4.78, 5) is 15.2. The zero-order chi connectivity index (χ0) is 27.1. The van der Waals surface area contributed by atoms with Crippen LogP contribution in [0.5, 0.6) is 17.4 Å². The molecule has 0 aliphatic carbocycles. The van der Waals surface area contributed by atoms with E-state index in [-0.39, 0.29) is 12.5 Å². The van der Waals surface area contributed by atoms with Crippen LogP contribution in [0.15, 0.2) is 102 Å². The third-order valence-electron chi connectivity index (χ3n) is 7.18. The van der Waals surface area contributed by atoms with Crippen molar-refractivity contribution in [1.29, 1.82) is 0 Å². The lowest BCUT2D eigenvalue weighted by molar-refractivity contribution is 0.125. The zero-order valence-electron chi connectivity index (χ0n) is 22.0. The number of methoxy groups -OCH3 is 1. The van der Waals surface area contributed by atoms with Crippen LogP contribution in [0.2, 0.25) is 0 Å². The Balaban J connectivity index is 1.31. The number of oxime groups is 1. The van der Waals surface area contributed by atoms with Gasteiger partial charge < -0.3 is 14.3 Å². The highest BCUT2D eigenvalue weighted by Gasteiger charge is 2.34. The minimum Gasteiger partial charge on any atom is -0.497 e. The van der Waals surface area contributed by atoms with E-state index < -0.39 is 0 Å². The monoisotopic (exact) mass is 527 g/mol. The highest BCUT2D eigenvalue weighted by molar-refractivity contribution is 5.98. The standard InChI is InChI=1S/C32H25N5O3/c1-20(21-8-4-3-5-9-21)36-39-18-27-34-31-29-28(23-12-15-24(38-2)16-13-23)26-17-14-22-10-6-7-11-25(22)30(26)40-32(29)33-19-37(31)35-27/h3-17,19,28H,18H2,1-2H3/b36-20-. The smallest absolute Gasteiger partial charge is 0.228 e. The molecule has 8 nitrogen and oxygen atoms in total. The number of rotatable bonds is 6. The van der Waals surface area contributed by atoms with Crippen LogP contribution < -0.4 is 9.47 Å². The number of nitrogens with zero attached hydrogens (tertiary/aromatic N) is 5. The lowest BCUT2D eigenvalue weighted by Crippen LogP contribution is -2.15. The average molecular weight is 528 g/mol. The first kappa shape index (κ1) is 23.8. The second-order valence-corrected chi connectivity index (χ2v) is 9.59. The minimum atomic E-state index is -0.179. The van der Waals surface area contributed by atoms with E-state index >= 15 is 0 Å². The largest absolute Gasteiger partial charge is 0.497 e. The molecular formula is C32H25N5O3. The first-order chi connectivity index (χ1) is 19.7. The normalized spacial score (nSPS) is 14.4. The van der Waals surface area contributed by atoms with Gasteiger partial charge in [0.1, 0.15) is 17.8 Å². The number of ether oxygens (including phenoxy) is 2.